The van der Waals surface area contributed by atoms with Crippen molar-refractivity contribution in [3.63, 3.8) is 0 Å². The molecule has 0 aromatic carbocycles. The Bertz CT molecular complexity index is 175. The molecule has 0 saturated heterocycles. The second kappa shape index (κ2) is 4.00. The number of tetrazole rings is 1. The summed E-state index contributed by atoms with van der Waals surface area (Å²) in [5.74, 6) is 4.97. The number of nitrogens with one attached hydrogen (secondary N) is 1. The van der Waals surface area contributed by atoms with Crippen LogP contribution in [0.1, 0.15) is 0 Å². The molecular weight excluding hydrogens is 181 g/mol. The molecule has 1 aromatic rings. The van der Waals surface area contributed by atoms with Crippen molar-refractivity contribution in [3.8, 4) is 0 Å². The van der Waals surface area contributed by atoms with Crippen LogP contribution in [0.25, 0.3) is 0 Å². The third kappa shape index (κ3) is 12.2. The molecule has 0 amide bonds. The van der Waals surface area contributed by atoms with Crippen molar-refractivity contribution < 1.29 is 33.8 Å². The molecule has 11 heavy (non-hydrogen) atoms. The van der Waals surface area contributed by atoms with Crippen molar-refractivity contribution in [1.29, 1.82) is 0 Å². The van der Waals surface area contributed by atoms with E-state index in [1.54, 1.807) is 0 Å². The molecule has 0 aliphatic heterocycles. The van der Waals surface area contributed by atoms with Gasteiger partial charge in [0.15, 0.2) is 0 Å². The van der Waals surface area contributed by atoms with Crippen LogP contribution in [0.5, 0.6) is 0 Å². The summed E-state index contributed by atoms with van der Waals surface area (Å²) in [6.45, 7) is 0. The maximum atomic E-state index is 8.49. The van der Waals surface area contributed by atoms with E-state index in [4.69, 9.17) is 24.5 Å². The minimum atomic E-state index is -4.94. The number of rotatable bonds is 0. The Morgan fingerprint density at radius 2 is 1.82 bits per heavy atom. The summed E-state index contributed by atoms with van der Waals surface area (Å²) in [4.78, 5) is 1.01. The van der Waals surface area contributed by atoms with Gasteiger partial charge in [0, 0.05) is 10.0 Å². The summed E-state index contributed by atoms with van der Waals surface area (Å²) in [7, 11) is -4.94. The molecule has 10 heteroatoms. The third-order valence-electron chi connectivity index (χ3n) is 0.394. The molecule has 0 fully saturated rings. The Balaban J connectivity index is 0.000000187. The number of halogens is 1. The molecule has 0 saturated carbocycles. The van der Waals surface area contributed by atoms with E-state index in [9.17, 15) is 0 Å². The van der Waals surface area contributed by atoms with Gasteiger partial charge in [0.25, 0.3) is 6.33 Å². The molecule has 1 heterocycles. The minimum Gasteiger partial charge on any atom is -0.229 e. The summed E-state index contributed by atoms with van der Waals surface area (Å²) in [6.07, 6.45) is 1.32. The normalized spacial score (nSPS) is 10.2. The van der Waals surface area contributed by atoms with Gasteiger partial charge in [-0.05, 0) is 5.21 Å². The molecule has 0 bridgehead atoms. The van der Waals surface area contributed by atoms with Gasteiger partial charge in [-0.1, -0.05) is 0 Å². The molecule has 0 spiro atoms. The molecule has 3 N–H and O–H groups in total. The van der Waals surface area contributed by atoms with Crippen molar-refractivity contribution in [2.24, 2.45) is 0 Å². The standard InChI is InChI=1S/CH3N5.ClHO4/c2-6-4-1-3-5-6;2-1(3,4)5/h1H,2H2;(H,2,3,4,5). The highest BCUT2D eigenvalue weighted by molar-refractivity contribution is 4.19. The van der Waals surface area contributed by atoms with Crippen molar-refractivity contribution >= 4 is 0 Å². The van der Waals surface area contributed by atoms with Gasteiger partial charge in [-0.15, -0.1) is 10.2 Å². The van der Waals surface area contributed by atoms with Crippen molar-refractivity contribution in [3.05, 3.63) is 6.33 Å². The summed E-state index contributed by atoms with van der Waals surface area (Å²) >= 11 is 0. The number of hydrogen-bond donors (Lipinski definition) is 2. The highest BCUT2D eigenvalue weighted by Gasteiger charge is 1.84. The van der Waals surface area contributed by atoms with Crippen LogP contribution >= 0.6 is 0 Å². The van der Waals surface area contributed by atoms with Crippen LogP contribution in [0.15, 0.2) is 6.33 Å². The van der Waals surface area contributed by atoms with Gasteiger partial charge in [-0.2, -0.15) is 0 Å². The van der Waals surface area contributed by atoms with Crippen molar-refractivity contribution in [2.75, 3.05) is 5.84 Å². The zero-order chi connectivity index (χ0) is 8.91. The van der Waals surface area contributed by atoms with E-state index in [0.29, 0.717) is 0 Å². The number of aromatic amines is 1. The average Bonchev–Trinajstić information content (AvgIpc) is 2.12. The molecule has 0 aliphatic carbocycles. The predicted octanol–water partition coefficient (Wildman–Crippen LogP) is -6.95. The van der Waals surface area contributed by atoms with Gasteiger partial charge in [0.1, 0.15) is 0 Å². The zero-order valence-corrected chi connectivity index (χ0v) is 5.76. The second-order valence-electron chi connectivity index (χ2n) is 1.18. The Kier molecular flexibility index (Phi) is 3.64. The number of nitrogen functional groups attached to an aromatic ring is 1. The average molecular weight is 186 g/mol. The number of nitrogens with zero attached hydrogens (tertiary/aromatic N) is 3. The Labute approximate surface area is 62.4 Å². The van der Waals surface area contributed by atoms with Gasteiger partial charge in [-0.25, -0.2) is 24.5 Å². The highest BCUT2D eigenvalue weighted by atomic mass is 35.7. The van der Waals surface area contributed by atoms with E-state index in [2.05, 4.69) is 15.4 Å². The highest BCUT2D eigenvalue weighted by Crippen LogP contribution is 1.49. The van der Waals surface area contributed by atoms with Crippen molar-refractivity contribution in [2.45, 2.75) is 0 Å². The van der Waals surface area contributed by atoms with Crippen LogP contribution < -0.4 is 29.4 Å². The Morgan fingerprint density at radius 3 is 1.91 bits per heavy atom. The molecule has 64 valence electrons. The van der Waals surface area contributed by atoms with Crippen LogP contribution in [0.3, 0.4) is 0 Å². The van der Waals surface area contributed by atoms with Gasteiger partial charge >= 0.3 is 0 Å². The first-order valence-corrected chi connectivity index (χ1v) is 3.27. The number of nitrogens with two attached hydrogens (primary N) is 1. The maximum Gasteiger partial charge on any atom is 0.299 e. The zero-order valence-electron chi connectivity index (χ0n) is 5.01. The minimum absolute atomic E-state index is 1.01. The monoisotopic (exact) mass is 185 g/mol. The maximum absolute atomic E-state index is 8.49. The lowest BCUT2D eigenvalue weighted by Crippen LogP contribution is -2.68. The molecule has 1 rings (SSSR count). The first-order valence-electron chi connectivity index (χ1n) is 2.04. The Hall–Kier alpha value is -1.00. The van der Waals surface area contributed by atoms with E-state index in [0.717, 1.165) is 4.91 Å². The van der Waals surface area contributed by atoms with Gasteiger partial charge < -0.3 is 0 Å². The number of aromatic nitrogens is 4. The molecule has 0 aliphatic rings. The fourth-order valence-electron chi connectivity index (χ4n) is 0.192. The molecule has 0 unspecified atom stereocenters. The molecule has 0 atom stereocenters. The van der Waals surface area contributed by atoms with Crippen LogP contribution in [0, 0.1) is 10.2 Å². The lowest BCUT2D eigenvalue weighted by molar-refractivity contribution is -2.00. The van der Waals surface area contributed by atoms with Crippen LogP contribution in [-0.4, -0.2) is 15.4 Å². The fourth-order valence-corrected chi connectivity index (χ4v) is 0.192. The largest absolute Gasteiger partial charge is 0.299 e. The van der Waals surface area contributed by atoms with Gasteiger partial charge in [-0.3, -0.25) is 0 Å². The van der Waals surface area contributed by atoms with E-state index in [-0.39, 0.29) is 0 Å². The molecule has 0 radical (unpaired) electrons. The predicted molar refractivity (Wildman–Crippen MR) is 16.7 cm³/mol. The second-order valence-corrected chi connectivity index (χ2v) is 1.94. The lowest BCUT2D eigenvalue weighted by atomic mass is 11.4. The molecule has 1 aromatic heterocycles. The van der Waals surface area contributed by atoms with Crippen LogP contribution in [0.2, 0.25) is 0 Å². The summed E-state index contributed by atoms with van der Waals surface area (Å²) < 4.78 is 34.0. The Morgan fingerprint density at radius 1 is 1.36 bits per heavy atom. The van der Waals surface area contributed by atoms with Crippen LogP contribution in [-0.2, 0) is 0 Å². The van der Waals surface area contributed by atoms with Crippen LogP contribution in [0.4, 0.5) is 0 Å². The third-order valence-corrected chi connectivity index (χ3v) is 0.394. The van der Waals surface area contributed by atoms with E-state index in [1.807, 2.05) is 0 Å². The van der Waals surface area contributed by atoms with Gasteiger partial charge in [0.05, 0.1) is 5.10 Å². The number of hydrogen-bond acceptors (Lipinski definition) is 7. The van der Waals surface area contributed by atoms with E-state index < -0.39 is 10.2 Å². The van der Waals surface area contributed by atoms with Gasteiger partial charge in [0.2, 0.25) is 0 Å². The quantitative estimate of drug-likeness (QED) is 0.299. The summed E-state index contributed by atoms with van der Waals surface area (Å²) in [5, 5.41) is 9.20. The smallest absolute Gasteiger partial charge is 0.229 e. The van der Waals surface area contributed by atoms with E-state index in [1.165, 1.54) is 6.33 Å². The van der Waals surface area contributed by atoms with Crippen molar-refractivity contribution in [1.82, 2.24) is 15.4 Å². The first kappa shape index (κ1) is 10.0. The molecule has 9 nitrogen and oxygen atoms in total. The lowest BCUT2D eigenvalue weighted by Gasteiger charge is -2.17. The summed E-state index contributed by atoms with van der Waals surface area (Å²) in [6, 6.07) is 0. The summed E-state index contributed by atoms with van der Waals surface area (Å²) in [5.41, 5.74) is 0. The topological polar surface area (TPSA) is 164 Å². The fraction of sp³-hybridized carbons (Fsp3) is 0. The first-order chi connectivity index (χ1) is 4.89. The van der Waals surface area contributed by atoms with E-state index >= 15 is 0 Å². The number of H-pyrrole nitrogens is 1. The SMILES string of the molecule is N[n+]1ncn[nH]1.[O-][Cl+3]([O-])([O-])[O-]. The molecular formula is CH4ClN5O4.